The number of fused-ring (bicyclic) bond motifs is 1. The fourth-order valence-electron chi connectivity index (χ4n) is 2.34. The molecular formula is C16H14F2N2. The van der Waals surface area contributed by atoms with Gasteiger partial charge in [0.1, 0.15) is 11.6 Å². The SMILES string of the molecule is NCc1ccc2ccn(Cc3cc(F)ccc3F)c2c1. The van der Waals surface area contributed by atoms with Gasteiger partial charge in [-0.25, -0.2) is 8.78 Å². The molecule has 4 heteroatoms. The number of halogens is 2. The minimum Gasteiger partial charge on any atom is -0.343 e. The van der Waals surface area contributed by atoms with Crippen LogP contribution in [0.15, 0.2) is 48.7 Å². The Morgan fingerprint density at radius 2 is 1.85 bits per heavy atom. The molecule has 1 aromatic heterocycles. The largest absolute Gasteiger partial charge is 0.343 e. The Bertz CT molecular complexity index is 762. The van der Waals surface area contributed by atoms with Gasteiger partial charge >= 0.3 is 0 Å². The number of hydrogen-bond donors (Lipinski definition) is 1. The smallest absolute Gasteiger partial charge is 0.128 e. The first-order valence-corrected chi connectivity index (χ1v) is 6.39. The molecule has 20 heavy (non-hydrogen) atoms. The molecule has 0 bridgehead atoms. The van der Waals surface area contributed by atoms with Gasteiger partial charge in [-0.15, -0.1) is 0 Å². The Labute approximate surface area is 115 Å². The van der Waals surface area contributed by atoms with Crippen LogP contribution in [-0.4, -0.2) is 4.57 Å². The maximum absolute atomic E-state index is 13.7. The van der Waals surface area contributed by atoms with E-state index in [1.807, 2.05) is 35.0 Å². The second-order valence-corrected chi connectivity index (χ2v) is 4.78. The highest BCUT2D eigenvalue weighted by Crippen LogP contribution is 2.20. The molecule has 0 atom stereocenters. The van der Waals surface area contributed by atoms with Crippen LogP contribution >= 0.6 is 0 Å². The lowest BCUT2D eigenvalue weighted by Crippen LogP contribution is -2.02. The minimum absolute atomic E-state index is 0.293. The number of rotatable bonds is 3. The molecule has 2 aromatic carbocycles. The molecule has 0 spiro atoms. The van der Waals surface area contributed by atoms with Crippen LogP contribution in [0.3, 0.4) is 0 Å². The highest BCUT2D eigenvalue weighted by atomic mass is 19.1. The zero-order valence-electron chi connectivity index (χ0n) is 10.8. The first-order chi connectivity index (χ1) is 9.67. The summed E-state index contributed by atoms with van der Waals surface area (Å²) in [6.07, 6.45) is 1.87. The van der Waals surface area contributed by atoms with E-state index in [1.54, 1.807) is 0 Å². The van der Waals surface area contributed by atoms with Crippen LogP contribution in [0.5, 0.6) is 0 Å². The number of benzene rings is 2. The summed E-state index contributed by atoms with van der Waals surface area (Å²) in [5.74, 6) is -0.830. The summed E-state index contributed by atoms with van der Waals surface area (Å²) in [7, 11) is 0. The van der Waals surface area contributed by atoms with E-state index in [0.717, 1.165) is 28.6 Å². The second-order valence-electron chi connectivity index (χ2n) is 4.78. The van der Waals surface area contributed by atoms with E-state index in [2.05, 4.69) is 0 Å². The molecule has 0 aliphatic carbocycles. The van der Waals surface area contributed by atoms with Crippen molar-refractivity contribution in [2.24, 2.45) is 5.73 Å². The molecule has 1 heterocycles. The van der Waals surface area contributed by atoms with Crippen molar-refractivity contribution >= 4 is 10.9 Å². The van der Waals surface area contributed by atoms with Crippen LogP contribution in [0.1, 0.15) is 11.1 Å². The summed E-state index contributed by atoms with van der Waals surface area (Å²) in [6.45, 7) is 0.747. The van der Waals surface area contributed by atoms with Crippen molar-refractivity contribution in [1.29, 1.82) is 0 Å². The topological polar surface area (TPSA) is 30.9 Å². The average molecular weight is 272 g/mol. The fourth-order valence-corrected chi connectivity index (χ4v) is 2.34. The molecular weight excluding hydrogens is 258 g/mol. The van der Waals surface area contributed by atoms with E-state index < -0.39 is 11.6 Å². The van der Waals surface area contributed by atoms with Gasteiger partial charge in [0.15, 0.2) is 0 Å². The molecule has 2 nitrogen and oxygen atoms in total. The lowest BCUT2D eigenvalue weighted by atomic mass is 10.1. The van der Waals surface area contributed by atoms with Gasteiger partial charge in [-0.3, -0.25) is 0 Å². The number of nitrogens with two attached hydrogens (primary N) is 1. The lowest BCUT2D eigenvalue weighted by molar-refractivity contribution is 0.579. The Morgan fingerprint density at radius 3 is 2.65 bits per heavy atom. The van der Waals surface area contributed by atoms with Crippen LogP contribution in [0.25, 0.3) is 10.9 Å². The summed E-state index contributed by atoms with van der Waals surface area (Å²) >= 11 is 0. The van der Waals surface area contributed by atoms with Crippen LogP contribution in [-0.2, 0) is 13.1 Å². The van der Waals surface area contributed by atoms with Gasteiger partial charge in [-0.2, -0.15) is 0 Å². The molecule has 0 amide bonds. The van der Waals surface area contributed by atoms with E-state index >= 15 is 0 Å². The average Bonchev–Trinajstić information content (AvgIpc) is 2.85. The van der Waals surface area contributed by atoms with E-state index in [-0.39, 0.29) is 0 Å². The van der Waals surface area contributed by atoms with Crippen molar-refractivity contribution in [2.75, 3.05) is 0 Å². The molecule has 0 radical (unpaired) electrons. The summed E-state index contributed by atoms with van der Waals surface area (Å²) < 4.78 is 28.8. The maximum atomic E-state index is 13.7. The molecule has 0 aliphatic rings. The van der Waals surface area contributed by atoms with E-state index in [0.29, 0.717) is 18.7 Å². The Kier molecular flexibility index (Phi) is 3.24. The van der Waals surface area contributed by atoms with Crippen LogP contribution in [0.4, 0.5) is 8.78 Å². The molecule has 0 saturated carbocycles. The summed E-state index contributed by atoms with van der Waals surface area (Å²) in [6, 6.07) is 11.4. The molecule has 2 N–H and O–H groups in total. The number of hydrogen-bond acceptors (Lipinski definition) is 1. The van der Waals surface area contributed by atoms with E-state index in [1.165, 1.54) is 6.07 Å². The van der Waals surface area contributed by atoms with Crippen LogP contribution in [0, 0.1) is 11.6 Å². The highest BCUT2D eigenvalue weighted by Gasteiger charge is 2.07. The standard InChI is InChI=1S/C16H14F2N2/c17-14-3-4-15(18)13(8-14)10-20-6-5-12-2-1-11(9-19)7-16(12)20/h1-8H,9-10,19H2. The minimum atomic E-state index is -0.430. The van der Waals surface area contributed by atoms with Gasteiger partial charge in [0.05, 0.1) is 6.54 Å². The van der Waals surface area contributed by atoms with E-state index in [9.17, 15) is 8.78 Å². The van der Waals surface area contributed by atoms with Gasteiger partial charge in [-0.1, -0.05) is 12.1 Å². The zero-order valence-corrected chi connectivity index (χ0v) is 10.8. The first-order valence-electron chi connectivity index (χ1n) is 6.39. The number of aromatic nitrogens is 1. The third-order valence-electron chi connectivity index (χ3n) is 3.42. The molecule has 3 rings (SSSR count). The molecule has 0 unspecified atom stereocenters. The van der Waals surface area contributed by atoms with Crippen molar-refractivity contribution < 1.29 is 8.78 Å². The normalized spacial score (nSPS) is 11.2. The summed E-state index contributed by atoms with van der Waals surface area (Å²) in [5.41, 5.74) is 7.95. The summed E-state index contributed by atoms with van der Waals surface area (Å²) in [5, 5.41) is 1.05. The van der Waals surface area contributed by atoms with Crippen LogP contribution in [0.2, 0.25) is 0 Å². The van der Waals surface area contributed by atoms with E-state index in [4.69, 9.17) is 5.73 Å². The van der Waals surface area contributed by atoms with Gasteiger partial charge in [0, 0.05) is 23.8 Å². The van der Waals surface area contributed by atoms with Crippen LogP contribution < -0.4 is 5.73 Å². The first kappa shape index (κ1) is 12.8. The maximum Gasteiger partial charge on any atom is 0.128 e. The third-order valence-corrected chi connectivity index (χ3v) is 3.42. The van der Waals surface area contributed by atoms with Crippen molar-refractivity contribution in [3.8, 4) is 0 Å². The number of nitrogens with zero attached hydrogens (tertiary/aromatic N) is 1. The quantitative estimate of drug-likeness (QED) is 0.778. The Balaban J connectivity index is 2.04. The monoisotopic (exact) mass is 272 g/mol. The lowest BCUT2D eigenvalue weighted by Gasteiger charge is -2.08. The summed E-state index contributed by atoms with van der Waals surface area (Å²) in [4.78, 5) is 0. The zero-order chi connectivity index (χ0) is 14.1. The third kappa shape index (κ3) is 2.30. The van der Waals surface area contributed by atoms with Gasteiger partial charge in [0.25, 0.3) is 0 Å². The van der Waals surface area contributed by atoms with Crippen molar-refractivity contribution in [3.63, 3.8) is 0 Å². The van der Waals surface area contributed by atoms with Crippen molar-refractivity contribution in [3.05, 3.63) is 71.4 Å². The highest BCUT2D eigenvalue weighted by molar-refractivity contribution is 5.80. The molecule has 0 saturated heterocycles. The van der Waals surface area contributed by atoms with Gasteiger partial charge in [0.2, 0.25) is 0 Å². The Morgan fingerprint density at radius 1 is 1.00 bits per heavy atom. The molecule has 102 valence electrons. The fraction of sp³-hybridized carbons (Fsp3) is 0.125. The van der Waals surface area contributed by atoms with Crippen molar-refractivity contribution in [2.45, 2.75) is 13.1 Å². The predicted molar refractivity (Wildman–Crippen MR) is 75.3 cm³/mol. The van der Waals surface area contributed by atoms with Crippen molar-refractivity contribution in [1.82, 2.24) is 4.57 Å². The Hall–Kier alpha value is -2.20. The van der Waals surface area contributed by atoms with Gasteiger partial charge in [-0.05, 0) is 41.3 Å². The van der Waals surface area contributed by atoms with Gasteiger partial charge < -0.3 is 10.3 Å². The molecule has 3 aromatic rings. The molecule has 0 fully saturated rings. The molecule has 0 aliphatic heterocycles. The predicted octanol–water partition coefficient (Wildman–Crippen LogP) is 3.43. The second kappa shape index (κ2) is 5.06.